The Morgan fingerprint density at radius 2 is 2.29 bits per heavy atom. The second kappa shape index (κ2) is 3.48. The Morgan fingerprint density at radius 1 is 1.50 bits per heavy atom. The van der Waals surface area contributed by atoms with Crippen LogP contribution in [0, 0.1) is 0 Å². The number of rotatable bonds is 2. The normalized spacial score (nSPS) is 10.7. The maximum absolute atomic E-state index is 9.19. The Labute approximate surface area is 85.7 Å². The molecule has 0 amide bonds. The fourth-order valence-electron chi connectivity index (χ4n) is 1.49. The highest BCUT2D eigenvalue weighted by atomic mass is 32.1. The zero-order valence-electron chi connectivity index (χ0n) is 7.78. The molecule has 2 rings (SSSR count). The summed E-state index contributed by atoms with van der Waals surface area (Å²) in [5, 5.41) is 12.0. The van der Waals surface area contributed by atoms with Crippen LogP contribution in [0.2, 0.25) is 0 Å². The van der Waals surface area contributed by atoms with E-state index in [0.717, 1.165) is 27.1 Å². The van der Waals surface area contributed by atoms with Gasteiger partial charge in [-0.15, -0.1) is 11.3 Å². The van der Waals surface area contributed by atoms with Gasteiger partial charge in [0.25, 0.3) is 0 Å². The number of nitrogen functional groups attached to an aromatic ring is 1. The second-order valence-corrected chi connectivity index (χ2v) is 3.92. The molecular weight excluding hydrogens is 198 g/mol. The highest BCUT2D eigenvalue weighted by molar-refractivity contribution is 7.17. The summed E-state index contributed by atoms with van der Waals surface area (Å²) in [4.78, 5) is 0. The maximum Gasteiger partial charge on any atom is 0.120 e. The minimum Gasteiger partial charge on any atom is -0.497 e. The van der Waals surface area contributed by atoms with E-state index in [1.165, 1.54) is 0 Å². The van der Waals surface area contributed by atoms with Crippen molar-refractivity contribution in [2.75, 3.05) is 12.8 Å². The zero-order chi connectivity index (χ0) is 10.1. The van der Waals surface area contributed by atoms with E-state index < -0.39 is 0 Å². The summed E-state index contributed by atoms with van der Waals surface area (Å²) in [7, 11) is 1.61. The number of aliphatic hydroxyl groups is 1. The molecule has 0 spiro atoms. The first-order valence-electron chi connectivity index (χ1n) is 4.20. The first-order chi connectivity index (χ1) is 6.76. The quantitative estimate of drug-likeness (QED) is 0.795. The average Bonchev–Trinajstić information content (AvgIpc) is 2.59. The topological polar surface area (TPSA) is 55.5 Å². The van der Waals surface area contributed by atoms with Crippen molar-refractivity contribution in [2.45, 2.75) is 6.61 Å². The van der Waals surface area contributed by atoms with Crippen molar-refractivity contribution in [1.29, 1.82) is 0 Å². The number of benzene rings is 1. The fraction of sp³-hybridized carbons (Fsp3) is 0.200. The van der Waals surface area contributed by atoms with E-state index in [0.29, 0.717) is 0 Å². The van der Waals surface area contributed by atoms with Gasteiger partial charge >= 0.3 is 0 Å². The maximum atomic E-state index is 9.19. The summed E-state index contributed by atoms with van der Waals surface area (Å²) in [5.74, 6) is 0.753. The molecule has 0 aliphatic carbocycles. The number of nitrogens with two attached hydrogens (primary N) is 1. The Bertz CT molecular complexity index is 464. The fourth-order valence-corrected chi connectivity index (χ4v) is 2.42. The average molecular weight is 209 g/mol. The van der Waals surface area contributed by atoms with Gasteiger partial charge in [-0.25, -0.2) is 0 Å². The molecule has 3 nitrogen and oxygen atoms in total. The number of ether oxygens (including phenoxy) is 1. The van der Waals surface area contributed by atoms with Gasteiger partial charge < -0.3 is 15.6 Å². The third kappa shape index (κ3) is 1.32. The summed E-state index contributed by atoms with van der Waals surface area (Å²) in [5.41, 5.74) is 7.34. The Morgan fingerprint density at radius 3 is 2.93 bits per heavy atom. The van der Waals surface area contributed by atoms with Crippen molar-refractivity contribution >= 4 is 27.1 Å². The Kier molecular flexibility index (Phi) is 2.31. The van der Waals surface area contributed by atoms with Crippen molar-refractivity contribution in [2.24, 2.45) is 0 Å². The standard InChI is InChI=1S/C10H11NO2S/c1-13-7-2-6(4-12)10-8(11)5-14-9(10)3-7/h2-3,5,12H,4,11H2,1H3. The number of hydrogen-bond donors (Lipinski definition) is 2. The van der Waals surface area contributed by atoms with Crippen LogP contribution in [-0.2, 0) is 6.61 Å². The van der Waals surface area contributed by atoms with Crippen LogP contribution in [0.3, 0.4) is 0 Å². The first-order valence-corrected chi connectivity index (χ1v) is 5.08. The number of methoxy groups -OCH3 is 1. The molecular formula is C10H11NO2S. The lowest BCUT2D eigenvalue weighted by molar-refractivity contribution is 0.282. The van der Waals surface area contributed by atoms with Crippen LogP contribution in [0.4, 0.5) is 5.69 Å². The van der Waals surface area contributed by atoms with E-state index in [4.69, 9.17) is 10.5 Å². The molecule has 0 radical (unpaired) electrons. The highest BCUT2D eigenvalue weighted by Gasteiger charge is 2.08. The largest absolute Gasteiger partial charge is 0.497 e. The van der Waals surface area contributed by atoms with E-state index >= 15 is 0 Å². The van der Waals surface area contributed by atoms with Gasteiger partial charge in [-0.1, -0.05) is 0 Å². The number of fused-ring (bicyclic) bond motifs is 1. The number of thiophene rings is 1. The molecule has 0 unspecified atom stereocenters. The first kappa shape index (κ1) is 9.30. The predicted octanol–water partition coefficient (Wildman–Crippen LogP) is 1.98. The molecule has 0 bridgehead atoms. The van der Waals surface area contributed by atoms with Crippen LogP contribution in [0.15, 0.2) is 17.5 Å². The predicted molar refractivity (Wildman–Crippen MR) is 58.7 cm³/mol. The van der Waals surface area contributed by atoms with E-state index in [1.54, 1.807) is 18.4 Å². The number of anilines is 1. The minimum atomic E-state index is -0.0192. The molecule has 1 aromatic heterocycles. The van der Waals surface area contributed by atoms with E-state index in [1.807, 2.05) is 17.5 Å². The van der Waals surface area contributed by atoms with Crippen LogP contribution in [0.5, 0.6) is 5.75 Å². The minimum absolute atomic E-state index is 0.0192. The lowest BCUT2D eigenvalue weighted by Crippen LogP contribution is -1.90. The van der Waals surface area contributed by atoms with Crippen LogP contribution in [0.1, 0.15) is 5.56 Å². The number of hydrogen-bond acceptors (Lipinski definition) is 4. The summed E-state index contributed by atoms with van der Waals surface area (Å²) < 4.78 is 6.18. The van der Waals surface area contributed by atoms with Crippen molar-refractivity contribution in [3.05, 3.63) is 23.1 Å². The molecule has 0 atom stereocenters. The van der Waals surface area contributed by atoms with Crippen LogP contribution in [-0.4, -0.2) is 12.2 Å². The van der Waals surface area contributed by atoms with Gasteiger partial charge in [0.05, 0.1) is 19.4 Å². The molecule has 1 aromatic carbocycles. The van der Waals surface area contributed by atoms with Crippen LogP contribution >= 0.6 is 11.3 Å². The van der Waals surface area contributed by atoms with Crippen molar-refractivity contribution in [1.82, 2.24) is 0 Å². The van der Waals surface area contributed by atoms with Crippen LogP contribution < -0.4 is 10.5 Å². The van der Waals surface area contributed by atoms with E-state index in [-0.39, 0.29) is 6.61 Å². The Balaban J connectivity index is 2.76. The lowest BCUT2D eigenvalue weighted by atomic mass is 10.1. The summed E-state index contributed by atoms with van der Waals surface area (Å²) in [6, 6.07) is 3.74. The van der Waals surface area contributed by atoms with Gasteiger partial charge in [0, 0.05) is 15.5 Å². The molecule has 4 heteroatoms. The molecule has 14 heavy (non-hydrogen) atoms. The smallest absolute Gasteiger partial charge is 0.120 e. The lowest BCUT2D eigenvalue weighted by Gasteiger charge is -2.04. The highest BCUT2D eigenvalue weighted by Crippen LogP contribution is 2.34. The Hall–Kier alpha value is -1.26. The van der Waals surface area contributed by atoms with Crippen molar-refractivity contribution < 1.29 is 9.84 Å². The van der Waals surface area contributed by atoms with Crippen LogP contribution in [0.25, 0.3) is 10.1 Å². The number of aliphatic hydroxyl groups excluding tert-OH is 1. The third-order valence-corrected chi connectivity index (χ3v) is 3.11. The summed E-state index contributed by atoms with van der Waals surface area (Å²) in [6.07, 6.45) is 0. The molecule has 0 fully saturated rings. The molecule has 3 N–H and O–H groups in total. The molecule has 0 aliphatic rings. The van der Waals surface area contributed by atoms with Gasteiger partial charge in [-0.05, 0) is 17.7 Å². The second-order valence-electron chi connectivity index (χ2n) is 3.01. The van der Waals surface area contributed by atoms with Gasteiger partial charge in [-0.2, -0.15) is 0 Å². The van der Waals surface area contributed by atoms with Gasteiger partial charge in [0.15, 0.2) is 0 Å². The molecule has 74 valence electrons. The SMILES string of the molecule is COc1cc(CO)c2c(N)csc2c1. The monoisotopic (exact) mass is 209 g/mol. The van der Waals surface area contributed by atoms with Crippen molar-refractivity contribution in [3.63, 3.8) is 0 Å². The van der Waals surface area contributed by atoms with E-state index in [2.05, 4.69) is 0 Å². The molecule has 0 saturated carbocycles. The van der Waals surface area contributed by atoms with Gasteiger partial charge in [0.1, 0.15) is 5.75 Å². The summed E-state index contributed by atoms with van der Waals surface area (Å²) >= 11 is 1.56. The van der Waals surface area contributed by atoms with Crippen molar-refractivity contribution in [3.8, 4) is 5.75 Å². The molecule has 0 aliphatic heterocycles. The molecule has 2 aromatic rings. The zero-order valence-corrected chi connectivity index (χ0v) is 8.60. The third-order valence-electron chi connectivity index (χ3n) is 2.16. The summed E-state index contributed by atoms with van der Waals surface area (Å²) in [6.45, 7) is -0.0192. The van der Waals surface area contributed by atoms with E-state index in [9.17, 15) is 5.11 Å². The molecule has 1 heterocycles. The van der Waals surface area contributed by atoms with Gasteiger partial charge in [0.2, 0.25) is 0 Å². The van der Waals surface area contributed by atoms with Gasteiger partial charge in [-0.3, -0.25) is 0 Å². The molecule has 0 saturated heterocycles.